The van der Waals surface area contributed by atoms with Gasteiger partial charge in [0.05, 0.1) is 12.7 Å². The first-order valence-electron chi connectivity index (χ1n) is 19.2. The van der Waals surface area contributed by atoms with E-state index in [-0.39, 0.29) is 30.8 Å². The fourth-order valence-electron chi connectivity index (χ4n) is 5.91. The molecule has 0 rings (SSSR count). The third-order valence-corrected chi connectivity index (χ3v) is 8.79. The molecule has 0 spiro atoms. The number of esters is 2. The molecular weight excluding hydrogens is 550 g/mol. The number of carbonyl (C=O) groups is 2. The first-order valence-corrected chi connectivity index (χ1v) is 19.2. The Morgan fingerprint density at radius 1 is 0.545 bits per heavy atom. The van der Waals surface area contributed by atoms with E-state index in [4.69, 9.17) is 9.47 Å². The van der Waals surface area contributed by atoms with Crippen LogP contribution in [0.1, 0.15) is 195 Å². The highest BCUT2D eigenvalue weighted by Crippen LogP contribution is 2.18. The number of hydrogen-bond donors (Lipinski definition) is 1. The number of ether oxygens (including phenoxy) is 2. The molecule has 0 aromatic heterocycles. The minimum atomic E-state index is -0.110. The zero-order chi connectivity index (χ0) is 32.5. The minimum Gasteiger partial charge on any atom is -0.463 e. The monoisotopic (exact) mass is 626 g/mol. The van der Waals surface area contributed by atoms with Gasteiger partial charge >= 0.3 is 11.9 Å². The summed E-state index contributed by atoms with van der Waals surface area (Å²) in [5, 5.41) is 9.47. The van der Waals surface area contributed by atoms with Crippen LogP contribution in [0.15, 0.2) is 0 Å². The van der Waals surface area contributed by atoms with Crippen molar-refractivity contribution in [3.63, 3.8) is 0 Å². The van der Waals surface area contributed by atoms with E-state index in [0.29, 0.717) is 12.8 Å². The van der Waals surface area contributed by atoms with Gasteiger partial charge in [-0.15, -0.1) is 0 Å². The normalized spacial score (nSPS) is 12.2. The van der Waals surface area contributed by atoms with Gasteiger partial charge in [0.1, 0.15) is 6.10 Å². The van der Waals surface area contributed by atoms with E-state index in [1.165, 1.54) is 89.9 Å². The third-order valence-electron chi connectivity index (χ3n) is 8.79. The maximum Gasteiger partial charge on any atom is 0.306 e. The molecule has 1 unspecified atom stereocenters. The Kier molecular flexibility index (Phi) is 32.4. The van der Waals surface area contributed by atoms with Gasteiger partial charge in [-0.3, -0.25) is 9.59 Å². The van der Waals surface area contributed by atoms with Crippen LogP contribution in [0.3, 0.4) is 0 Å². The fraction of sp³-hybridized carbons (Fsp3) is 0.947. The van der Waals surface area contributed by atoms with Crippen molar-refractivity contribution in [2.45, 2.75) is 207 Å². The summed E-state index contributed by atoms with van der Waals surface area (Å²) in [6, 6.07) is 0. The summed E-state index contributed by atoms with van der Waals surface area (Å²) in [5.41, 5.74) is 0. The average Bonchev–Trinajstić information content (AvgIpc) is 3.01. The molecule has 6 heteroatoms. The maximum absolute atomic E-state index is 12.6. The molecule has 0 aliphatic rings. The van der Waals surface area contributed by atoms with E-state index < -0.39 is 0 Å². The lowest BCUT2D eigenvalue weighted by atomic mass is 10.0. The number of unbranched alkanes of at least 4 members (excludes halogenated alkanes) is 17. The Hall–Kier alpha value is -1.14. The highest BCUT2D eigenvalue weighted by molar-refractivity contribution is 5.69. The van der Waals surface area contributed by atoms with Crippen molar-refractivity contribution in [2.24, 2.45) is 0 Å². The molecule has 0 bridgehead atoms. The van der Waals surface area contributed by atoms with Crippen molar-refractivity contribution in [2.75, 3.05) is 26.2 Å². The summed E-state index contributed by atoms with van der Waals surface area (Å²) in [6.45, 7) is 11.3. The second kappa shape index (κ2) is 33.2. The van der Waals surface area contributed by atoms with Gasteiger partial charge in [-0.2, -0.15) is 0 Å². The molecule has 44 heavy (non-hydrogen) atoms. The predicted octanol–water partition coefficient (Wildman–Crippen LogP) is 10.3. The van der Waals surface area contributed by atoms with Crippen LogP contribution >= 0.6 is 0 Å². The number of carbonyl (C=O) groups excluding carboxylic acids is 2. The topological polar surface area (TPSA) is 76.1 Å². The smallest absolute Gasteiger partial charge is 0.306 e. The lowest BCUT2D eigenvalue weighted by Gasteiger charge is -2.21. The molecule has 0 aromatic rings. The van der Waals surface area contributed by atoms with Gasteiger partial charge in [-0.25, -0.2) is 0 Å². The van der Waals surface area contributed by atoms with Gasteiger partial charge < -0.3 is 19.5 Å². The number of aliphatic hydroxyl groups excluding tert-OH is 1. The summed E-state index contributed by atoms with van der Waals surface area (Å²) in [4.78, 5) is 26.4. The lowest BCUT2D eigenvalue weighted by Crippen LogP contribution is -2.29. The zero-order valence-corrected chi connectivity index (χ0v) is 29.9. The Labute approximate surface area is 273 Å². The van der Waals surface area contributed by atoms with Gasteiger partial charge in [0.2, 0.25) is 0 Å². The van der Waals surface area contributed by atoms with Gasteiger partial charge in [-0.1, -0.05) is 117 Å². The molecule has 0 saturated carbocycles. The van der Waals surface area contributed by atoms with Crippen molar-refractivity contribution < 1.29 is 24.2 Å². The number of nitrogens with zero attached hydrogens (tertiary/aromatic N) is 1. The Balaban J connectivity index is 4.06. The largest absolute Gasteiger partial charge is 0.463 e. The fourth-order valence-corrected chi connectivity index (χ4v) is 5.91. The summed E-state index contributed by atoms with van der Waals surface area (Å²) < 4.78 is 11.3. The molecule has 0 fully saturated rings. The van der Waals surface area contributed by atoms with Crippen molar-refractivity contribution in [3.8, 4) is 0 Å². The Bertz CT molecular complexity index is 612. The number of hydrogen-bond acceptors (Lipinski definition) is 6. The van der Waals surface area contributed by atoms with Gasteiger partial charge in [0.15, 0.2) is 0 Å². The number of rotatable bonds is 34. The molecule has 0 saturated heterocycles. The maximum atomic E-state index is 12.6. The van der Waals surface area contributed by atoms with Crippen molar-refractivity contribution in [3.05, 3.63) is 0 Å². The van der Waals surface area contributed by atoms with Crippen LogP contribution in [0.4, 0.5) is 0 Å². The van der Waals surface area contributed by atoms with Crippen LogP contribution in [-0.4, -0.2) is 60.4 Å². The van der Waals surface area contributed by atoms with Gasteiger partial charge in [-0.05, 0) is 77.8 Å². The second-order valence-corrected chi connectivity index (χ2v) is 13.2. The van der Waals surface area contributed by atoms with Crippen LogP contribution in [0, 0.1) is 0 Å². The van der Waals surface area contributed by atoms with Crippen LogP contribution in [0.2, 0.25) is 0 Å². The highest BCUT2D eigenvalue weighted by atomic mass is 16.5. The van der Waals surface area contributed by atoms with E-state index in [1.807, 2.05) is 13.8 Å². The quantitative estimate of drug-likeness (QED) is 0.0566. The lowest BCUT2D eigenvalue weighted by molar-refractivity contribution is -0.150. The predicted molar refractivity (Wildman–Crippen MR) is 186 cm³/mol. The van der Waals surface area contributed by atoms with E-state index >= 15 is 0 Å². The SMILES string of the molecule is CCCCCCCCC(CCCCCCCC)OC(=O)CCCCCCCN(CCO)CCCCCCC(C)OC(=O)CC. The first kappa shape index (κ1) is 42.9. The van der Waals surface area contributed by atoms with E-state index in [2.05, 4.69) is 18.7 Å². The molecular formula is C38H75NO5. The average molecular weight is 626 g/mol. The van der Waals surface area contributed by atoms with Crippen molar-refractivity contribution >= 4 is 11.9 Å². The van der Waals surface area contributed by atoms with E-state index in [9.17, 15) is 14.7 Å². The van der Waals surface area contributed by atoms with Gasteiger partial charge in [0.25, 0.3) is 0 Å². The van der Waals surface area contributed by atoms with E-state index in [1.54, 1.807) is 0 Å². The molecule has 262 valence electrons. The molecule has 0 radical (unpaired) electrons. The third kappa shape index (κ3) is 29.6. The molecule has 6 nitrogen and oxygen atoms in total. The Morgan fingerprint density at radius 3 is 1.50 bits per heavy atom. The standard InChI is InChI=1S/C38H75NO5/c1-5-8-10-12-15-22-28-36(29-23-16-13-11-9-6-2)44-38(42)30-24-17-14-19-25-31-39(33-34-40)32-26-20-18-21-27-35(4)43-37(41)7-3/h35-36,40H,5-34H2,1-4H3. The van der Waals surface area contributed by atoms with Crippen LogP contribution in [0.25, 0.3) is 0 Å². The van der Waals surface area contributed by atoms with Crippen molar-refractivity contribution in [1.82, 2.24) is 4.90 Å². The second-order valence-electron chi connectivity index (χ2n) is 13.2. The molecule has 0 aliphatic heterocycles. The van der Waals surface area contributed by atoms with E-state index in [0.717, 1.165) is 83.8 Å². The summed E-state index contributed by atoms with van der Waals surface area (Å²) in [6.07, 6.45) is 29.6. The summed E-state index contributed by atoms with van der Waals surface area (Å²) in [7, 11) is 0. The molecule has 0 aliphatic carbocycles. The molecule has 1 N–H and O–H groups in total. The summed E-state index contributed by atoms with van der Waals surface area (Å²) >= 11 is 0. The number of aliphatic hydroxyl groups is 1. The zero-order valence-electron chi connectivity index (χ0n) is 29.9. The molecule has 0 heterocycles. The molecule has 0 amide bonds. The molecule has 0 aromatic carbocycles. The van der Waals surface area contributed by atoms with Crippen LogP contribution in [-0.2, 0) is 19.1 Å². The first-order chi connectivity index (χ1) is 21.5. The van der Waals surface area contributed by atoms with Crippen molar-refractivity contribution in [1.29, 1.82) is 0 Å². The minimum absolute atomic E-state index is 0.0116. The summed E-state index contributed by atoms with van der Waals surface area (Å²) in [5.74, 6) is -0.0986. The highest BCUT2D eigenvalue weighted by Gasteiger charge is 2.14. The van der Waals surface area contributed by atoms with Gasteiger partial charge in [0, 0.05) is 19.4 Å². The van der Waals surface area contributed by atoms with Crippen LogP contribution < -0.4 is 0 Å². The molecule has 1 atom stereocenters. The Morgan fingerprint density at radius 2 is 1.00 bits per heavy atom. The van der Waals surface area contributed by atoms with Crippen LogP contribution in [0.5, 0.6) is 0 Å².